The van der Waals surface area contributed by atoms with Crippen LogP contribution in [0.15, 0.2) is 114 Å². The summed E-state index contributed by atoms with van der Waals surface area (Å²) < 4.78 is 56.5. The highest BCUT2D eigenvalue weighted by atomic mass is 31.3. The molecule has 1 aliphatic rings. The monoisotopic (exact) mass is 1080 g/mol. The zero-order valence-corrected chi connectivity index (χ0v) is 44.6. The van der Waals surface area contributed by atoms with Crippen molar-refractivity contribution in [1.82, 2.24) is 9.55 Å². The van der Waals surface area contributed by atoms with Crippen LogP contribution in [0.5, 0.6) is 0 Å². The normalized spacial score (nSPS) is 20.5. The molecule has 2 rings (SSSR count). The van der Waals surface area contributed by atoms with Crippen molar-refractivity contribution in [3.8, 4) is 0 Å². The summed E-state index contributed by atoms with van der Waals surface area (Å²) in [7, 11) is -11.0. The van der Waals surface area contributed by atoms with Crippen LogP contribution in [0.4, 0.5) is 5.82 Å². The third-order valence-corrected chi connectivity index (χ3v) is 13.4. The van der Waals surface area contributed by atoms with Gasteiger partial charge < -0.3 is 50.2 Å². The summed E-state index contributed by atoms with van der Waals surface area (Å²) in [5.74, 6) is -1.63. The number of phosphoric acid groups is 2. The fourth-order valence-electron chi connectivity index (χ4n) is 6.79. The molecule has 74 heavy (non-hydrogen) atoms. The Kier molecular flexibility index (Phi) is 34.7. The number of nitrogens with two attached hydrogens (primary N) is 1. The fraction of sp³-hybridized carbons (Fsp3) is 0.577. The maximum Gasteiger partial charge on any atom is 0.481 e. The summed E-state index contributed by atoms with van der Waals surface area (Å²) in [5, 5.41) is 41.3. The first-order chi connectivity index (χ1) is 35.5. The molecule has 1 aromatic heterocycles. The van der Waals surface area contributed by atoms with Gasteiger partial charge in [-0.15, -0.1) is 0 Å². The van der Waals surface area contributed by atoms with E-state index in [2.05, 4.69) is 59.6 Å². The number of ether oxygens (including phenoxy) is 3. The molecule has 0 saturated carbocycles. The van der Waals surface area contributed by atoms with Gasteiger partial charge in [0.25, 0.3) is 0 Å². The third-order valence-electron chi connectivity index (χ3n) is 10.8. The maximum atomic E-state index is 12.9. The summed E-state index contributed by atoms with van der Waals surface area (Å²) in [6, 6.07) is 1.23. The number of unbranched alkanes of at least 4 members (excludes halogenated alkanes) is 7. The first-order valence-electron chi connectivity index (χ1n) is 25.5. The fourth-order valence-corrected chi connectivity index (χ4v) is 8.90. The Morgan fingerprint density at radius 1 is 0.730 bits per heavy atom. The number of esters is 2. The van der Waals surface area contributed by atoms with Gasteiger partial charge in [0.15, 0.2) is 12.3 Å². The van der Waals surface area contributed by atoms with Gasteiger partial charge in [0.1, 0.15) is 30.7 Å². The molecule has 9 atom stereocenters. The lowest BCUT2D eigenvalue weighted by atomic mass is 10.1. The van der Waals surface area contributed by atoms with Crippen molar-refractivity contribution in [3.05, 3.63) is 120 Å². The van der Waals surface area contributed by atoms with E-state index in [0.29, 0.717) is 25.7 Å². The summed E-state index contributed by atoms with van der Waals surface area (Å²) in [6.45, 7) is 1.76. The highest BCUT2D eigenvalue weighted by molar-refractivity contribution is 7.61. The van der Waals surface area contributed by atoms with Gasteiger partial charge in [-0.2, -0.15) is 9.29 Å². The van der Waals surface area contributed by atoms with Crippen LogP contribution in [-0.4, -0.2) is 108 Å². The van der Waals surface area contributed by atoms with Gasteiger partial charge in [-0.25, -0.2) is 13.9 Å². The molecule has 0 bridgehead atoms. The van der Waals surface area contributed by atoms with E-state index in [-0.39, 0.29) is 31.5 Å². The smallest absolute Gasteiger partial charge is 0.462 e. The SMILES string of the molecule is CCCCC/C=C\C/C=C\C/C=C\C/C=C\CCCC(=O)O[C@H](COC(=O)CCC[C@H](O)\C=C/C=C/C=C/[C@H](O)C/C=C\CCCCC)COP(=O)(O)OP(=O)(O)OC[C@H]1O[C@@H](n2ccc(N)nc2=O)[C@H](O)[C@@H]1O. The molecule has 0 amide bonds. The number of rotatable bonds is 40. The Balaban J connectivity index is 1.90. The molecule has 2 unspecified atom stereocenters. The summed E-state index contributed by atoms with van der Waals surface area (Å²) in [5.41, 5.74) is 4.56. The molecule has 0 radical (unpaired) electrons. The average molecular weight is 1080 g/mol. The van der Waals surface area contributed by atoms with Crippen LogP contribution in [0.1, 0.15) is 136 Å². The van der Waals surface area contributed by atoms with Gasteiger partial charge in [0.2, 0.25) is 0 Å². The Morgan fingerprint density at radius 3 is 1.89 bits per heavy atom. The molecule has 0 aromatic carbocycles. The van der Waals surface area contributed by atoms with Crippen molar-refractivity contribution in [2.75, 3.05) is 25.6 Å². The molecule has 1 aromatic rings. The predicted molar refractivity (Wildman–Crippen MR) is 282 cm³/mol. The number of hydrogen-bond acceptors (Lipinski definition) is 17. The predicted octanol–water partition coefficient (Wildman–Crippen LogP) is 8.38. The number of anilines is 1. The molecule has 1 aliphatic heterocycles. The van der Waals surface area contributed by atoms with Crippen LogP contribution < -0.4 is 11.4 Å². The highest BCUT2D eigenvalue weighted by Gasteiger charge is 2.46. The second kappa shape index (κ2) is 39.0. The number of carbonyl (C=O) groups excluding carboxylic acids is 2. The summed E-state index contributed by atoms with van der Waals surface area (Å²) in [6.07, 6.45) is 35.5. The van der Waals surface area contributed by atoms with Crippen molar-refractivity contribution in [3.63, 3.8) is 0 Å². The Bertz CT molecular complexity index is 2160. The minimum absolute atomic E-state index is 0.0841. The topological polar surface area (TPSA) is 306 Å². The van der Waals surface area contributed by atoms with Crippen molar-refractivity contribution in [2.45, 2.75) is 172 Å². The van der Waals surface area contributed by atoms with E-state index in [4.69, 9.17) is 29.0 Å². The van der Waals surface area contributed by atoms with Crippen molar-refractivity contribution >= 4 is 33.4 Å². The Morgan fingerprint density at radius 2 is 1.28 bits per heavy atom. The average Bonchev–Trinajstić information content (AvgIpc) is 3.63. The number of hydrogen-bond donors (Lipinski definition) is 7. The van der Waals surface area contributed by atoms with Crippen LogP contribution in [0.25, 0.3) is 0 Å². The van der Waals surface area contributed by atoms with Gasteiger partial charge in [-0.1, -0.05) is 137 Å². The lowest BCUT2D eigenvalue weighted by Crippen LogP contribution is -2.36. The Hall–Kier alpha value is -4.40. The molecule has 0 aliphatic carbocycles. The molecule has 1 fully saturated rings. The number of carbonyl (C=O) groups is 2. The van der Waals surface area contributed by atoms with Crippen molar-refractivity contribution in [1.29, 1.82) is 0 Å². The largest absolute Gasteiger partial charge is 0.481 e. The van der Waals surface area contributed by atoms with Crippen molar-refractivity contribution in [2.24, 2.45) is 0 Å². The van der Waals surface area contributed by atoms with Gasteiger partial charge in [0.05, 0.1) is 25.4 Å². The summed E-state index contributed by atoms with van der Waals surface area (Å²) >= 11 is 0. The van der Waals surface area contributed by atoms with Gasteiger partial charge in [-0.3, -0.25) is 23.2 Å². The van der Waals surface area contributed by atoms with E-state index in [1.807, 2.05) is 24.3 Å². The van der Waals surface area contributed by atoms with Crippen LogP contribution >= 0.6 is 15.6 Å². The van der Waals surface area contributed by atoms with E-state index in [0.717, 1.165) is 49.3 Å². The van der Waals surface area contributed by atoms with Gasteiger partial charge >= 0.3 is 33.3 Å². The molecule has 8 N–H and O–H groups in total. The quantitative estimate of drug-likeness (QED) is 0.0107. The zero-order chi connectivity index (χ0) is 54.5. The second-order valence-corrected chi connectivity index (χ2v) is 20.4. The minimum atomic E-state index is -5.50. The van der Waals surface area contributed by atoms with E-state index in [1.165, 1.54) is 37.8 Å². The number of allylic oxidation sites excluding steroid dienone is 13. The first-order valence-corrected chi connectivity index (χ1v) is 28.5. The van der Waals surface area contributed by atoms with Crippen LogP contribution in [0.2, 0.25) is 0 Å². The first kappa shape index (κ1) is 65.7. The third kappa shape index (κ3) is 31.5. The maximum absolute atomic E-state index is 12.9. The number of nitrogen functional groups attached to an aromatic ring is 1. The molecule has 1 saturated heterocycles. The Labute approximate surface area is 435 Å². The molecule has 0 spiro atoms. The standard InChI is InChI=1S/C52H81N3O17P2/c1-3-5-7-9-11-12-13-14-15-16-17-18-19-20-21-23-29-35-48(59)70-44(39-67-47(58)36-30-34-43(57)33-28-25-24-27-32-42(56)31-26-22-10-8-6-4-2)40-68-73(63,64)72-74(65,66)69-41-45-49(60)50(61)51(71-45)55-38-37-46(53)54-52(55)62/h11-12,14-15,17-18,20-22,24-28,32-33,37-38,42-45,49-51,56-57,60-61H,3-10,13,16,19,23,29-31,34-36,39-41H2,1-2H3,(H,63,64)(H,65,66)(H2,53,54,62)/b12-11-,15-14-,18-17-,21-20-,25-24+,26-22-,32-27+,33-28-/t42-,43-,44-,45-,49-,50-,51-/m1/s1. The van der Waals surface area contributed by atoms with E-state index in [1.54, 1.807) is 30.4 Å². The summed E-state index contributed by atoms with van der Waals surface area (Å²) in [4.78, 5) is 61.9. The van der Waals surface area contributed by atoms with Crippen LogP contribution in [0.3, 0.4) is 0 Å². The molecule has 20 nitrogen and oxygen atoms in total. The molecular formula is C52H81N3O17P2. The lowest BCUT2D eigenvalue weighted by Gasteiger charge is -2.21. The number of aliphatic hydroxyl groups is 4. The van der Waals surface area contributed by atoms with Crippen molar-refractivity contribution < 1.29 is 76.5 Å². The molecule has 22 heteroatoms. The van der Waals surface area contributed by atoms with E-state index >= 15 is 0 Å². The molecule has 416 valence electrons. The van der Waals surface area contributed by atoms with Gasteiger partial charge in [0, 0.05) is 19.0 Å². The highest BCUT2D eigenvalue weighted by Crippen LogP contribution is 2.60. The number of aliphatic hydroxyl groups excluding tert-OH is 4. The van der Waals surface area contributed by atoms with E-state index in [9.17, 15) is 53.7 Å². The van der Waals surface area contributed by atoms with E-state index < -0.39 is 95.9 Å². The molecule has 2 heterocycles. The van der Waals surface area contributed by atoms with Crippen LogP contribution in [-0.2, 0) is 46.3 Å². The van der Waals surface area contributed by atoms with Crippen LogP contribution in [0, 0.1) is 0 Å². The number of phosphoric ester groups is 2. The number of nitrogens with zero attached hydrogens (tertiary/aromatic N) is 2. The molecular weight excluding hydrogens is 1000 g/mol. The minimum Gasteiger partial charge on any atom is -0.462 e. The lowest BCUT2D eigenvalue weighted by molar-refractivity contribution is -0.161. The zero-order valence-electron chi connectivity index (χ0n) is 42.8. The van der Waals surface area contributed by atoms with Gasteiger partial charge in [-0.05, 0) is 83.1 Å². The number of aromatic nitrogens is 2. The second-order valence-electron chi connectivity index (χ2n) is 17.4.